The first kappa shape index (κ1) is 11.8. The summed E-state index contributed by atoms with van der Waals surface area (Å²) in [7, 11) is 0. The summed E-state index contributed by atoms with van der Waals surface area (Å²) >= 11 is 0. The number of aromatic carboxylic acids is 1. The highest BCUT2D eigenvalue weighted by atomic mass is 19.1. The molecular weight excluding hydrogens is 232 g/mol. The SMILES string of the molecule is O=C(O)c1c(F)cc(N2CCOCC2)cc1F. The van der Waals surface area contributed by atoms with Crippen LogP contribution in [0.25, 0.3) is 0 Å². The lowest BCUT2D eigenvalue weighted by molar-refractivity contribution is 0.0686. The molecule has 1 heterocycles. The molecule has 0 spiro atoms. The lowest BCUT2D eigenvalue weighted by Crippen LogP contribution is -2.36. The molecule has 4 nitrogen and oxygen atoms in total. The van der Waals surface area contributed by atoms with E-state index in [1.807, 2.05) is 0 Å². The van der Waals surface area contributed by atoms with Gasteiger partial charge >= 0.3 is 5.97 Å². The summed E-state index contributed by atoms with van der Waals surface area (Å²) in [4.78, 5) is 12.4. The Morgan fingerprint density at radius 2 is 1.76 bits per heavy atom. The summed E-state index contributed by atoms with van der Waals surface area (Å²) in [6, 6.07) is 2.08. The van der Waals surface area contributed by atoms with Crippen molar-refractivity contribution in [2.75, 3.05) is 31.2 Å². The lowest BCUT2D eigenvalue weighted by Gasteiger charge is -2.29. The molecule has 0 bridgehead atoms. The lowest BCUT2D eigenvalue weighted by atomic mass is 10.1. The van der Waals surface area contributed by atoms with E-state index in [0.717, 1.165) is 12.1 Å². The predicted octanol–water partition coefficient (Wildman–Crippen LogP) is 1.50. The molecule has 1 fully saturated rings. The molecule has 0 aromatic heterocycles. The Kier molecular flexibility index (Phi) is 3.23. The van der Waals surface area contributed by atoms with Gasteiger partial charge in [0.1, 0.15) is 17.2 Å². The Labute approximate surface area is 96.4 Å². The van der Waals surface area contributed by atoms with Crippen molar-refractivity contribution in [1.82, 2.24) is 0 Å². The van der Waals surface area contributed by atoms with Crippen molar-refractivity contribution >= 4 is 11.7 Å². The van der Waals surface area contributed by atoms with E-state index in [4.69, 9.17) is 9.84 Å². The van der Waals surface area contributed by atoms with Gasteiger partial charge in [-0.25, -0.2) is 13.6 Å². The van der Waals surface area contributed by atoms with Crippen LogP contribution in [0, 0.1) is 11.6 Å². The van der Waals surface area contributed by atoms with E-state index in [1.165, 1.54) is 0 Å². The van der Waals surface area contributed by atoms with Gasteiger partial charge in [0.25, 0.3) is 0 Å². The summed E-state index contributed by atoms with van der Waals surface area (Å²) < 4.78 is 32.0. The summed E-state index contributed by atoms with van der Waals surface area (Å²) in [5.74, 6) is -3.72. The van der Waals surface area contributed by atoms with Gasteiger partial charge in [0.05, 0.1) is 13.2 Å². The third kappa shape index (κ3) is 2.36. The minimum Gasteiger partial charge on any atom is -0.477 e. The molecule has 1 N–H and O–H groups in total. The first-order valence-electron chi connectivity index (χ1n) is 5.14. The molecular formula is C11H11F2NO3. The molecule has 1 aromatic carbocycles. The van der Waals surface area contributed by atoms with Crippen LogP contribution in [0.3, 0.4) is 0 Å². The number of morpholine rings is 1. The predicted molar refractivity (Wildman–Crippen MR) is 56.3 cm³/mol. The van der Waals surface area contributed by atoms with Gasteiger partial charge in [-0.2, -0.15) is 0 Å². The van der Waals surface area contributed by atoms with Crippen molar-refractivity contribution in [3.05, 3.63) is 29.3 Å². The average Bonchev–Trinajstić information content (AvgIpc) is 2.28. The second-order valence-electron chi connectivity index (χ2n) is 3.69. The van der Waals surface area contributed by atoms with Gasteiger partial charge in [-0.1, -0.05) is 0 Å². The molecule has 0 saturated carbocycles. The normalized spacial score (nSPS) is 16.0. The maximum atomic E-state index is 13.4. The molecule has 0 atom stereocenters. The molecule has 92 valence electrons. The van der Waals surface area contributed by atoms with E-state index >= 15 is 0 Å². The molecule has 1 aliphatic heterocycles. The minimum absolute atomic E-state index is 0.341. The maximum Gasteiger partial charge on any atom is 0.341 e. The fourth-order valence-corrected chi connectivity index (χ4v) is 1.77. The molecule has 0 radical (unpaired) electrons. The van der Waals surface area contributed by atoms with Crippen molar-refractivity contribution < 1.29 is 23.4 Å². The van der Waals surface area contributed by atoms with E-state index < -0.39 is 23.2 Å². The Hall–Kier alpha value is -1.69. The van der Waals surface area contributed by atoms with Crippen LogP contribution in [-0.2, 0) is 4.74 Å². The number of ether oxygens (including phenoxy) is 1. The molecule has 2 rings (SSSR count). The van der Waals surface area contributed by atoms with Crippen LogP contribution in [-0.4, -0.2) is 37.4 Å². The standard InChI is InChI=1S/C11H11F2NO3/c12-8-5-7(14-1-3-17-4-2-14)6-9(13)10(8)11(15)16/h5-6H,1-4H2,(H,15,16). The second kappa shape index (κ2) is 4.67. The van der Waals surface area contributed by atoms with Gasteiger partial charge in [0, 0.05) is 18.8 Å². The Bertz CT molecular complexity index is 421. The maximum absolute atomic E-state index is 13.4. The summed E-state index contributed by atoms with van der Waals surface area (Å²) in [6.07, 6.45) is 0. The van der Waals surface area contributed by atoms with E-state index in [9.17, 15) is 13.6 Å². The van der Waals surface area contributed by atoms with Gasteiger partial charge in [-0.3, -0.25) is 0 Å². The Morgan fingerprint density at radius 1 is 1.24 bits per heavy atom. The molecule has 0 unspecified atom stereocenters. The number of hydrogen-bond acceptors (Lipinski definition) is 3. The number of benzene rings is 1. The minimum atomic E-state index is -1.60. The molecule has 17 heavy (non-hydrogen) atoms. The Morgan fingerprint density at radius 3 is 2.24 bits per heavy atom. The molecule has 1 aliphatic rings. The topological polar surface area (TPSA) is 49.8 Å². The highest BCUT2D eigenvalue weighted by Gasteiger charge is 2.20. The molecule has 1 saturated heterocycles. The summed E-state index contributed by atoms with van der Waals surface area (Å²) in [5, 5.41) is 8.63. The van der Waals surface area contributed by atoms with Crippen molar-refractivity contribution in [3.63, 3.8) is 0 Å². The van der Waals surface area contributed by atoms with Crippen molar-refractivity contribution in [1.29, 1.82) is 0 Å². The second-order valence-corrected chi connectivity index (χ2v) is 3.69. The van der Waals surface area contributed by atoms with Crippen molar-refractivity contribution in [2.45, 2.75) is 0 Å². The average molecular weight is 243 g/mol. The number of carbonyl (C=O) groups is 1. The highest BCUT2D eigenvalue weighted by molar-refractivity contribution is 5.88. The zero-order valence-corrected chi connectivity index (χ0v) is 8.95. The fourth-order valence-electron chi connectivity index (χ4n) is 1.77. The van der Waals surface area contributed by atoms with E-state index in [1.54, 1.807) is 4.90 Å². The van der Waals surface area contributed by atoms with E-state index in [2.05, 4.69) is 0 Å². The van der Waals surface area contributed by atoms with Gasteiger partial charge < -0.3 is 14.7 Å². The number of carboxylic acid groups (broad SMARTS) is 1. The fraction of sp³-hybridized carbons (Fsp3) is 0.364. The van der Waals surface area contributed by atoms with Gasteiger partial charge in [-0.15, -0.1) is 0 Å². The number of halogens is 2. The molecule has 0 amide bonds. The third-order valence-electron chi connectivity index (χ3n) is 2.62. The largest absolute Gasteiger partial charge is 0.477 e. The van der Waals surface area contributed by atoms with Crippen LogP contribution >= 0.6 is 0 Å². The van der Waals surface area contributed by atoms with Gasteiger partial charge in [0.2, 0.25) is 0 Å². The molecule has 0 aliphatic carbocycles. The van der Waals surface area contributed by atoms with Crippen molar-refractivity contribution in [3.8, 4) is 0 Å². The monoisotopic (exact) mass is 243 g/mol. The third-order valence-corrected chi connectivity index (χ3v) is 2.62. The quantitative estimate of drug-likeness (QED) is 0.855. The summed E-state index contributed by atoms with van der Waals surface area (Å²) in [5.41, 5.74) is -0.574. The van der Waals surface area contributed by atoms with Gasteiger partial charge in [0.15, 0.2) is 0 Å². The smallest absolute Gasteiger partial charge is 0.341 e. The zero-order chi connectivity index (χ0) is 12.4. The molecule has 6 heteroatoms. The first-order valence-corrected chi connectivity index (χ1v) is 5.14. The van der Waals surface area contributed by atoms with Crippen molar-refractivity contribution in [2.24, 2.45) is 0 Å². The number of anilines is 1. The van der Waals surface area contributed by atoms with Crippen LogP contribution < -0.4 is 4.90 Å². The van der Waals surface area contributed by atoms with Crippen LogP contribution in [0.1, 0.15) is 10.4 Å². The van der Waals surface area contributed by atoms with Crippen LogP contribution in [0.5, 0.6) is 0 Å². The number of rotatable bonds is 2. The summed E-state index contributed by atoms with van der Waals surface area (Å²) in [6.45, 7) is 2.05. The number of hydrogen-bond donors (Lipinski definition) is 1. The van der Waals surface area contributed by atoms with Gasteiger partial charge in [-0.05, 0) is 12.1 Å². The van der Waals surface area contributed by atoms with Crippen LogP contribution in [0.15, 0.2) is 12.1 Å². The van der Waals surface area contributed by atoms with E-state index in [-0.39, 0.29) is 0 Å². The number of carboxylic acids is 1. The number of nitrogens with zero attached hydrogens (tertiary/aromatic N) is 1. The highest BCUT2D eigenvalue weighted by Crippen LogP contribution is 2.22. The Balaban J connectivity index is 2.34. The van der Waals surface area contributed by atoms with Crippen LogP contribution in [0.2, 0.25) is 0 Å². The molecule has 1 aromatic rings. The van der Waals surface area contributed by atoms with Crippen LogP contribution in [0.4, 0.5) is 14.5 Å². The van der Waals surface area contributed by atoms with E-state index in [0.29, 0.717) is 32.0 Å². The first-order chi connectivity index (χ1) is 8.09. The zero-order valence-electron chi connectivity index (χ0n) is 8.95.